The molecule has 1 aliphatic carbocycles. The number of hydrogen-bond acceptors (Lipinski definition) is 2. The molecule has 0 aromatic rings. The van der Waals surface area contributed by atoms with Crippen LogP contribution >= 0.6 is 0 Å². The van der Waals surface area contributed by atoms with E-state index >= 15 is 0 Å². The molecule has 2 nitrogen and oxygen atoms in total. The zero-order valence-corrected chi connectivity index (χ0v) is 10.5. The quantitative estimate of drug-likeness (QED) is 0.622. The van der Waals surface area contributed by atoms with Crippen LogP contribution in [0.3, 0.4) is 0 Å². The van der Waals surface area contributed by atoms with Gasteiger partial charge in [-0.15, -0.1) is 0 Å². The third-order valence-corrected chi connectivity index (χ3v) is 3.89. The molecule has 1 N–H and O–H groups in total. The first-order valence-corrected chi connectivity index (χ1v) is 5.71. The molecule has 0 bridgehead atoms. The monoisotopic (exact) mass is 262 g/mol. The van der Waals surface area contributed by atoms with Crippen LogP contribution in [-0.4, -0.2) is 35.7 Å². The summed E-state index contributed by atoms with van der Waals surface area (Å²) in [6.45, 7) is 5.85. The minimum absolute atomic E-state index is 0. The fourth-order valence-electron chi connectivity index (χ4n) is 3.03. The van der Waals surface area contributed by atoms with Crippen molar-refractivity contribution in [1.82, 2.24) is 4.90 Å². The Morgan fingerprint density at radius 1 is 1.29 bits per heavy atom. The van der Waals surface area contributed by atoms with Gasteiger partial charge in [-0.3, -0.25) is 0 Å². The van der Waals surface area contributed by atoms with E-state index in [1.54, 1.807) is 0 Å². The maximum absolute atomic E-state index is 9.84. The van der Waals surface area contributed by atoms with Crippen LogP contribution < -0.4 is 17.0 Å². The number of likely N-dealkylation sites (tertiary alicyclic amines) is 1. The summed E-state index contributed by atoms with van der Waals surface area (Å²) in [7, 11) is 0. The number of aliphatic hydroxyl groups is 1. The van der Waals surface area contributed by atoms with Crippen molar-refractivity contribution in [1.29, 1.82) is 0 Å². The van der Waals surface area contributed by atoms with E-state index in [1.807, 2.05) is 0 Å². The van der Waals surface area contributed by atoms with Gasteiger partial charge in [-0.1, -0.05) is 13.3 Å². The lowest BCUT2D eigenvalue weighted by Crippen LogP contribution is -3.00. The lowest BCUT2D eigenvalue weighted by atomic mass is 9.73. The van der Waals surface area contributed by atoms with Gasteiger partial charge in [0.2, 0.25) is 0 Å². The standard InChI is InChI=1S/C11H21NO.BrH/c1-2-12-7-6-10-9(8-12)4-3-5-11(10)13;/h9-11,13H,2-8H2,1H3;1H/p-1. The Hall–Kier alpha value is 0.400. The van der Waals surface area contributed by atoms with Gasteiger partial charge in [0.25, 0.3) is 0 Å². The lowest BCUT2D eigenvalue weighted by Gasteiger charge is -2.43. The smallest absolute Gasteiger partial charge is 0.0572 e. The third-order valence-electron chi connectivity index (χ3n) is 3.89. The van der Waals surface area contributed by atoms with Crippen molar-refractivity contribution in [3.05, 3.63) is 0 Å². The Morgan fingerprint density at radius 3 is 2.79 bits per heavy atom. The molecule has 0 aromatic carbocycles. The first-order chi connectivity index (χ1) is 6.31. The van der Waals surface area contributed by atoms with E-state index in [1.165, 1.54) is 38.9 Å². The van der Waals surface area contributed by atoms with Crippen molar-refractivity contribution in [2.24, 2.45) is 11.8 Å². The molecule has 3 atom stereocenters. The predicted octanol–water partition coefficient (Wildman–Crippen LogP) is -1.51. The van der Waals surface area contributed by atoms with Crippen LogP contribution in [0.25, 0.3) is 0 Å². The summed E-state index contributed by atoms with van der Waals surface area (Å²) in [5.74, 6) is 1.41. The highest BCUT2D eigenvalue weighted by atomic mass is 79.9. The summed E-state index contributed by atoms with van der Waals surface area (Å²) >= 11 is 0. The molecule has 2 rings (SSSR count). The zero-order chi connectivity index (χ0) is 9.26. The van der Waals surface area contributed by atoms with E-state index in [4.69, 9.17) is 0 Å². The van der Waals surface area contributed by atoms with Gasteiger partial charge in [-0.2, -0.15) is 0 Å². The van der Waals surface area contributed by atoms with Gasteiger partial charge in [0, 0.05) is 6.54 Å². The first kappa shape index (κ1) is 12.5. The first-order valence-electron chi connectivity index (χ1n) is 5.71. The topological polar surface area (TPSA) is 23.5 Å². The summed E-state index contributed by atoms with van der Waals surface area (Å²) in [6.07, 6.45) is 4.86. The summed E-state index contributed by atoms with van der Waals surface area (Å²) < 4.78 is 0. The molecule has 0 aromatic heterocycles. The van der Waals surface area contributed by atoms with Gasteiger partial charge >= 0.3 is 0 Å². The minimum atomic E-state index is 0. The maximum atomic E-state index is 9.84. The van der Waals surface area contributed by atoms with E-state index in [-0.39, 0.29) is 23.1 Å². The third kappa shape index (κ3) is 2.50. The molecule has 1 saturated heterocycles. The zero-order valence-electron chi connectivity index (χ0n) is 8.95. The van der Waals surface area contributed by atoms with Gasteiger partial charge in [0.15, 0.2) is 0 Å². The summed E-state index contributed by atoms with van der Waals surface area (Å²) in [5, 5.41) is 9.84. The van der Waals surface area contributed by atoms with Gasteiger partial charge in [0.05, 0.1) is 6.10 Å². The second kappa shape index (κ2) is 5.47. The second-order valence-electron chi connectivity index (χ2n) is 4.60. The number of hydrogen-bond donors (Lipinski definition) is 1. The summed E-state index contributed by atoms with van der Waals surface area (Å²) in [5.41, 5.74) is 0. The Morgan fingerprint density at radius 2 is 2.07 bits per heavy atom. The molecular weight excluding hydrogens is 242 g/mol. The second-order valence-corrected chi connectivity index (χ2v) is 4.60. The van der Waals surface area contributed by atoms with Crippen LogP contribution in [0.1, 0.15) is 32.6 Å². The van der Waals surface area contributed by atoms with E-state index in [9.17, 15) is 5.11 Å². The average molecular weight is 263 g/mol. The van der Waals surface area contributed by atoms with E-state index in [0.29, 0.717) is 5.92 Å². The van der Waals surface area contributed by atoms with Gasteiger partial charge in [0.1, 0.15) is 0 Å². The average Bonchev–Trinajstić information content (AvgIpc) is 2.18. The largest absolute Gasteiger partial charge is 1.00 e. The summed E-state index contributed by atoms with van der Waals surface area (Å²) in [4.78, 5) is 2.53. The highest BCUT2D eigenvalue weighted by molar-refractivity contribution is 4.87. The molecule has 2 fully saturated rings. The lowest BCUT2D eigenvalue weighted by molar-refractivity contribution is -0.0135. The van der Waals surface area contributed by atoms with Crippen molar-refractivity contribution in [3.8, 4) is 0 Å². The van der Waals surface area contributed by atoms with Crippen LogP contribution in [0.4, 0.5) is 0 Å². The van der Waals surface area contributed by atoms with Gasteiger partial charge in [-0.05, 0) is 44.2 Å². The molecule has 0 amide bonds. The SMILES string of the molecule is CCN1CCC2C(O)CCCC2C1.[Br-]. The molecular formula is C11H21BrNO-. The van der Waals surface area contributed by atoms with E-state index in [2.05, 4.69) is 11.8 Å². The molecule has 14 heavy (non-hydrogen) atoms. The van der Waals surface area contributed by atoms with Crippen molar-refractivity contribution in [3.63, 3.8) is 0 Å². The van der Waals surface area contributed by atoms with Gasteiger partial charge in [-0.25, -0.2) is 0 Å². The Kier molecular flexibility index (Phi) is 4.88. The van der Waals surface area contributed by atoms with Crippen molar-refractivity contribution >= 4 is 0 Å². The molecule has 1 saturated carbocycles. The van der Waals surface area contributed by atoms with Crippen LogP contribution in [0.2, 0.25) is 0 Å². The number of piperidine rings is 1. The molecule has 0 radical (unpaired) electrons. The van der Waals surface area contributed by atoms with Gasteiger partial charge < -0.3 is 27.0 Å². The Labute approximate surface area is 97.4 Å². The fourth-order valence-corrected chi connectivity index (χ4v) is 3.03. The number of halogens is 1. The number of nitrogens with zero attached hydrogens (tertiary/aromatic N) is 1. The summed E-state index contributed by atoms with van der Waals surface area (Å²) in [6, 6.07) is 0. The fraction of sp³-hybridized carbons (Fsp3) is 1.00. The van der Waals surface area contributed by atoms with E-state index in [0.717, 1.165) is 12.3 Å². The molecule has 3 heteroatoms. The van der Waals surface area contributed by atoms with Crippen LogP contribution in [0.5, 0.6) is 0 Å². The molecule has 2 aliphatic rings. The highest BCUT2D eigenvalue weighted by Gasteiger charge is 2.35. The molecule has 1 heterocycles. The van der Waals surface area contributed by atoms with Crippen molar-refractivity contribution in [2.75, 3.05) is 19.6 Å². The van der Waals surface area contributed by atoms with E-state index < -0.39 is 0 Å². The maximum Gasteiger partial charge on any atom is 0.0572 e. The molecule has 0 spiro atoms. The normalized spacial score (nSPS) is 38.6. The number of fused-ring (bicyclic) bond motifs is 1. The minimum Gasteiger partial charge on any atom is -1.00 e. The molecule has 84 valence electrons. The van der Waals surface area contributed by atoms with Crippen LogP contribution in [0.15, 0.2) is 0 Å². The van der Waals surface area contributed by atoms with Crippen molar-refractivity contribution < 1.29 is 22.1 Å². The Bertz CT molecular complexity index is 177. The highest BCUT2D eigenvalue weighted by Crippen LogP contribution is 2.36. The van der Waals surface area contributed by atoms with Crippen molar-refractivity contribution in [2.45, 2.75) is 38.7 Å². The molecule has 3 unspecified atom stereocenters. The van der Waals surface area contributed by atoms with Crippen LogP contribution in [-0.2, 0) is 0 Å². The predicted molar refractivity (Wildman–Crippen MR) is 53.6 cm³/mol. The number of aliphatic hydroxyl groups excluding tert-OH is 1. The number of rotatable bonds is 1. The van der Waals surface area contributed by atoms with Crippen LogP contribution in [0, 0.1) is 11.8 Å². The molecule has 1 aliphatic heterocycles. The Balaban J connectivity index is 0.000000980.